The molecule has 0 atom stereocenters. The molecule has 5 heteroatoms. The average molecular weight is 333 g/mol. The van der Waals surface area contributed by atoms with Crippen LogP contribution in [0, 0.1) is 13.8 Å². The van der Waals surface area contributed by atoms with Gasteiger partial charge in [-0.05, 0) is 43.2 Å². The van der Waals surface area contributed by atoms with E-state index in [9.17, 15) is 4.79 Å². The van der Waals surface area contributed by atoms with Crippen molar-refractivity contribution in [3.8, 4) is 5.75 Å². The largest absolute Gasteiger partial charge is 0.492 e. The van der Waals surface area contributed by atoms with Gasteiger partial charge in [0.05, 0.1) is 6.54 Å². The summed E-state index contributed by atoms with van der Waals surface area (Å²) in [5.74, 6) is 0.744. The molecule has 0 fully saturated rings. The zero-order valence-corrected chi connectivity index (χ0v) is 14.1. The molecule has 0 saturated carbocycles. The van der Waals surface area contributed by atoms with E-state index in [1.807, 2.05) is 50.2 Å². The van der Waals surface area contributed by atoms with Gasteiger partial charge in [0.1, 0.15) is 12.4 Å². The molecule has 0 radical (unpaired) electrons. The Morgan fingerprint density at radius 1 is 1.09 bits per heavy atom. The van der Waals surface area contributed by atoms with Crippen molar-refractivity contribution in [2.75, 3.05) is 13.2 Å². The molecular weight excluding hydrogens is 312 g/mol. The number of aryl methyl sites for hydroxylation is 2. The summed E-state index contributed by atoms with van der Waals surface area (Å²) in [4.78, 5) is 11.7. The van der Waals surface area contributed by atoms with Gasteiger partial charge in [-0.25, -0.2) is 4.79 Å². The van der Waals surface area contributed by atoms with Gasteiger partial charge in [-0.15, -0.1) is 0 Å². The zero-order valence-electron chi connectivity index (χ0n) is 13.4. The second kappa shape index (κ2) is 8.44. The summed E-state index contributed by atoms with van der Waals surface area (Å²) < 4.78 is 5.57. The predicted molar refractivity (Wildman–Crippen MR) is 93.1 cm³/mol. The Morgan fingerprint density at radius 2 is 1.83 bits per heavy atom. The van der Waals surface area contributed by atoms with Crippen LogP contribution in [0.1, 0.15) is 16.7 Å². The van der Waals surface area contributed by atoms with Crippen LogP contribution in [0.15, 0.2) is 42.5 Å². The van der Waals surface area contributed by atoms with Gasteiger partial charge in [-0.2, -0.15) is 0 Å². The molecule has 0 bridgehead atoms. The maximum Gasteiger partial charge on any atom is 0.315 e. The number of urea groups is 1. The first-order chi connectivity index (χ1) is 11.0. The molecule has 4 nitrogen and oxygen atoms in total. The van der Waals surface area contributed by atoms with Crippen molar-refractivity contribution >= 4 is 17.6 Å². The molecule has 2 N–H and O–H groups in total. The average Bonchev–Trinajstić information content (AvgIpc) is 2.54. The third kappa shape index (κ3) is 5.83. The molecule has 0 saturated heterocycles. The highest BCUT2D eigenvalue weighted by Crippen LogP contribution is 2.20. The summed E-state index contributed by atoms with van der Waals surface area (Å²) in [5, 5.41) is 6.28. The van der Waals surface area contributed by atoms with Crippen LogP contribution in [0.4, 0.5) is 4.79 Å². The summed E-state index contributed by atoms with van der Waals surface area (Å²) in [5.41, 5.74) is 3.24. The highest BCUT2D eigenvalue weighted by molar-refractivity contribution is 6.31. The highest BCUT2D eigenvalue weighted by atomic mass is 35.5. The van der Waals surface area contributed by atoms with Crippen molar-refractivity contribution in [3.05, 3.63) is 64.2 Å². The quantitative estimate of drug-likeness (QED) is 0.790. The molecule has 23 heavy (non-hydrogen) atoms. The van der Waals surface area contributed by atoms with Gasteiger partial charge in [-0.1, -0.05) is 41.4 Å². The van der Waals surface area contributed by atoms with Crippen LogP contribution < -0.4 is 15.4 Å². The molecule has 0 aliphatic carbocycles. The number of carbonyl (C=O) groups is 1. The van der Waals surface area contributed by atoms with Gasteiger partial charge in [0.2, 0.25) is 0 Å². The number of halogens is 1. The minimum absolute atomic E-state index is 0.207. The molecule has 0 aliphatic heterocycles. The highest BCUT2D eigenvalue weighted by Gasteiger charge is 2.01. The number of carbonyl (C=O) groups excluding carboxylic acids is 1. The van der Waals surface area contributed by atoms with Crippen molar-refractivity contribution in [2.24, 2.45) is 0 Å². The van der Waals surface area contributed by atoms with Crippen molar-refractivity contribution in [2.45, 2.75) is 20.4 Å². The number of nitrogens with one attached hydrogen (secondary N) is 2. The van der Waals surface area contributed by atoms with E-state index in [1.165, 1.54) is 5.56 Å². The number of rotatable bonds is 6. The fourth-order valence-corrected chi connectivity index (χ4v) is 2.11. The monoisotopic (exact) mass is 332 g/mol. The summed E-state index contributed by atoms with van der Waals surface area (Å²) >= 11 is 5.96. The molecule has 0 aliphatic rings. The van der Waals surface area contributed by atoms with E-state index in [4.69, 9.17) is 16.3 Å². The second-order valence-electron chi connectivity index (χ2n) is 5.35. The molecule has 2 rings (SSSR count). The van der Waals surface area contributed by atoms with Gasteiger partial charge in [-0.3, -0.25) is 0 Å². The molecule has 2 amide bonds. The predicted octanol–water partition coefficient (Wildman–Crippen LogP) is 3.84. The van der Waals surface area contributed by atoms with Crippen LogP contribution >= 0.6 is 11.6 Å². The van der Waals surface area contributed by atoms with Crippen LogP contribution in [-0.4, -0.2) is 19.2 Å². The fraction of sp³-hybridized carbons (Fsp3) is 0.278. The topological polar surface area (TPSA) is 50.4 Å². The Morgan fingerprint density at radius 3 is 2.52 bits per heavy atom. The van der Waals surface area contributed by atoms with E-state index in [-0.39, 0.29) is 6.03 Å². The van der Waals surface area contributed by atoms with E-state index in [1.54, 1.807) is 6.07 Å². The number of hydrogen-bond donors (Lipinski definition) is 2. The zero-order chi connectivity index (χ0) is 16.7. The molecule has 0 unspecified atom stereocenters. The van der Waals surface area contributed by atoms with Gasteiger partial charge in [0.15, 0.2) is 0 Å². The fourth-order valence-electron chi connectivity index (χ4n) is 1.99. The molecular formula is C18H21ClN2O2. The lowest BCUT2D eigenvalue weighted by Gasteiger charge is -2.10. The SMILES string of the molecule is Cc1ccc(CNC(=O)NCCOc2ccc(Cl)c(C)c2)cc1. The van der Waals surface area contributed by atoms with Crippen LogP contribution in [0.25, 0.3) is 0 Å². The lowest BCUT2D eigenvalue weighted by atomic mass is 10.1. The first-order valence-electron chi connectivity index (χ1n) is 7.51. The lowest BCUT2D eigenvalue weighted by Crippen LogP contribution is -2.37. The summed E-state index contributed by atoms with van der Waals surface area (Å²) in [6.45, 7) is 5.29. The minimum Gasteiger partial charge on any atom is -0.492 e. The number of benzene rings is 2. The Balaban J connectivity index is 1.64. The summed E-state index contributed by atoms with van der Waals surface area (Å²) in [6.07, 6.45) is 0. The first kappa shape index (κ1) is 17.2. The third-order valence-corrected chi connectivity index (χ3v) is 3.78. The Kier molecular flexibility index (Phi) is 6.29. The molecule has 2 aromatic carbocycles. The van der Waals surface area contributed by atoms with E-state index < -0.39 is 0 Å². The van der Waals surface area contributed by atoms with E-state index in [2.05, 4.69) is 10.6 Å². The molecule has 0 aromatic heterocycles. The Hall–Kier alpha value is -2.20. The summed E-state index contributed by atoms with van der Waals surface area (Å²) in [7, 11) is 0. The van der Waals surface area contributed by atoms with Crippen molar-refractivity contribution in [3.63, 3.8) is 0 Å². The van der Waals surface area contributed by atoms with Crippen LogP contribution in [0.5, 0.6) is 5.75 Å². The van der Waals surface area contributed by atoms with Crippen LogP contribution in [-0.2, 0) is 6.54 Å². The van der Waals surface area contributed by atoms with Crippen LogP contribution in [0.3, 0.4) is 0 Å². The van der Waals surface area contributed by atoms with Crippen molar-refractivity contribution in [1.82, 2.24) is 10.6 Å². The maximum absolute atomic E-state index is 11.7. The van der Waals surface area contributed by atoms with E-state index in [0.717, 1.165) is 16.9 Å². The first-order valence-corrected chi connectivity index (χ1v) is 7.88. The number of ether oxygens (including phenoxy) is 1. The standard InChI is InChI=1S/C18H21ClN2O2/c1-13-3-5-15(6-4-13)12-21-18(22)20-9-10-23-16-7-8-17(19)14(2)11-16/h3-8,11H,9-10,12H2,1-2H3,(H2,20,21,22). The maximum atomic E-state index is 11.7. The van der Waals surface area contributed by atoms with Crippen molar-refractivity contribution in [1.29, 1.82) is 0 Å². The molecule has 122 valence electrons. The number of hydrogen-bond acceptors (Lipinski definition) is 2. The third-order valence-electron chi connectivity index (χ3n) is 3.36. The minimum atomic E-state index is -0.207. The van der Waals surface area contributed by atoms with Gasteiger partial charge >= 0.3 is 6.03 Å². The van der Waals surface area contributed by atoms with Gasteiger partial charge in [0.25, 0.3) is 0 Å². The van der Waals surface area contributed by atoms with Gasteiger partial charge < -0.3 is 15.4 Å². The van der Waals surface area contributed by atoms with Crippen LogP contribution in [0.2, 0.25) is 5.02 Å². The van der Waals surface area contributed by atoms with E-state index in [0.29, 0.717) is 24.7 Å². The van der Waals surface area contributed by atoms with E-state index >= 15 is 0 Å². The number of amides is 2. The molecule has 0 spiro atoms. The van der Waals surface area contributed by atoms with Crippen molar-refractivity contribution < 1.29 is 9.53 Å². The summed E-state index contributed by atoms with van der Waals surface area (Å²) in [6, 6.07) is 13.3. The smallest absolute Gasteiger partial charge is 0.315 e. The lowest BCUT2D eigenvalue weighted by molar-refractivity contribution is 0.236. The molecule has 0 heterocycles. The Labute approximate surface area is 141 Å². The Bertz CT molecular complexity index is 657. The van der Waals surface area contributed by atoms with Gasteiger partial charge in [0, 0.05) is 11.6 Å². The normalized spacial score (nSPS) is 10.2. The second-order valence-corrected chi connectivity index (χ2v) is 5.76. The molecule has 2 aromatic rings.